The summed E-state index contributed by atoms with van der Waals surface area (Å²) in [7, 11) is 0. The standard InChI is InChI=1S/C9H19/c1-5-8(3)7-9(4)6-2/h7-9H,5-6H2,1-4H3. The zero-order chi connectivity index (χ0) is 7.28. The summed E-state index contributed by atoms with van der Waals surface area (Å²) < 4.78 is 0. The minimum Gasteiger partial charge on any atom is -0.0651 e. The first-order valence-electron chi connectivity index (χ1n) is 4.05. The highest BCUT2D eigenvalue weighted by Crippen LogP contribution is 2.15. The van der Waals surface area contributed by atoms with Gasteiger partial charge in [0.1, 0.15) is 0 Å². The lowest BCUT2D eigenvalue weighted by Crippen LogP contribution is -2.01. The van der Waals surface area contributed by atoms with Gasteiger partial charge in [0.05, 0.1) is 0 Å². The molecule has 2 unspecified atom stereocenters. The van der Waals surface area contributed by atoms with Crippen LogP contribution in [0.25, 0.3) is 0 Å². The SMILES string of the molecule is CCC(C)[CH]C(C)CC. The van der Waals surface area contributed by atoms with E-state index >= 15 is 0 Å². The Labute approximate surface area is 59.7 Å². The third-order valence-electron chi connectivity index (χ3n) is 1.94. The van der Waals surface area contributed by atoms with Crippen molar-refractivity contribution in [3.05, 3.63) is 6.42 Å². The van der Waals surface area contributed by atoms with Crippen molar-refractivity contribution in [2.75, 3.05) is 0 Å². The molecule has 0 bridgehead atoms. The van der Waals surface area contributed by atoms with Gasteiger partial charge < -0.3 is 0 Å². The van der Waals surface area contributed by atoms with Gasteiger partial charge in [-0.25, -0.2) is 0 Å². The molecule has 0 saturated heterocycles. The van der Waals surface area contributed by atoms with Gasteiger partial charge in [0.25, 0.3) is 0 Å². The van der Waals surface area contributed by atoms with Crippen molar-refractivity contribution >= 4 is 0 Å². The molecule has 0 heterocycles. The summed E-state index contributed by atoms with van der Waals surface area (Å²) in [5.41, 5.74) is 0. The minimum absolute atomic E-state index is 0.806. The molecule has 0 aromatic rings. The van der Waals surface area contributed by atoms with Gasteiger partial charge >= 0.3 is 0 Å². The minimum atomic E-state index is 0.806. The molecular formula is C9H19. The van der Waals surface area contributed by atoms with Crippen molar-refractivity contribution in [3.63, 3.8) is 0 Å². The maximum absolute atomic E-state index is 2.44. The van der Waals surface area contributed by atoms with Gasteiger partial charge in [-0.2, -0.15) is 0 Å². The topological polar surface area (TPSA) is 0 Å². The van der Waals surface area contributed by atoms with E-state index in [1.54, 1.807) is 0 Å². The Morgan fingerprint density at radius 1 is 1.00 bits per heavy atom. The summed E-state index contributed by atoms with van der Waals surface area (Å²) in [6, 6.07) is 0. The maximum atomic E-state index is 2.44. The van der Waals surface area contributed by atoms with Crippen LogP contribution < -0.4 is 0 Å². The Hall–Kier alpha value is 0. The molecule has 1 radical (unpaired) electrons. The first-order chi connectivity index (χ1) is 4.20. The molecule has 55 valence electrons. The molecule has 0 aliphatic rings. The lowest BCUT2D eigenvalue weighted by molar-refractivity contribution is 0.520. The number of hydrogen-bond acceptors (Lipinski definition) is 0. The molecule has 2 atom stereocenters. The van der Waals surface area contributed by atoms with Gasteiger partial charge in [0, 0.05) is 0 Å². The van der Waals surface area contributed by atoms with Crippen molar-refractivity contribution in [3.8, 4) is 0 Å². The van der Waals surface area contributed by atoms with Gasteiger partial charge in [-0.05, 0) is 18.3 Å². The molecule has 9 heavy (non-hydrogen) atoms. The van der Waals surface area contributed by atoms with Gasteiger partial charge in [-0.1, -0.05) is 40.5 Å². The van der Waals surface area contributed by atoms with E-state index in [1.807, 2.05) is 0 Å². The molecule has 0 amide bonds. The average Bonchev–Trinajstić information content (AvgIpc) is 1.87. The van der Waals surface area contributed by atoms with Crippen LogP contribution in [-0.2, 0) is 0 Å². The predicted molar refractivity (Wildman–Crippen MR) is 43.2 cm³/mol. The lowest BCUT2D eigenvalue weighted by Gasteiger charge is -2.12. The number of hydrogen-bond donors (Lipinski definition) is 0. The number of rotatable bonds is 4. The quantitative estimate of drug-likeness (QED) is 0.543. The second kappa shape index (κ2) is 4.84. The Morgan fingerprint density at radius 3 is 1.56 bits per heavy atom. The van der Waals surface area contributed by atoms with E-state index in [9.17, 15) is 0 Å². The molecule has 0 nitrogen and oxygen atoms in total. The van der Waals surface area contributed by atoms with Crippen LogP contribution in [0.1, 0.15) is 40.5 Å². The lowest BCUT2D eigenvalue weighted by atomic mass is 9.94. The first-order valence-corrected chi connectivity index (χ1v) is 4.05. The van der Waals surface area contributed by atoms with Crippen LogP contribution in [0.3, 0.4) is 0 Å². The van der Waals surface area contributed by atoms with E-state index in [-0.39, 0.29) is 0 Å². The summed E-state index contributed by atoms with van der Waals surface area (Å²) in [6.45, 7) is 9.05. The van der Waals surface area contributed by atoms with Crippen LogP contribution >= 0.6 is 0 Å². The van der Waals surface area contributed by atoms with Crippen molar-refractivity contribution in [1.82, 2.24) is 0 Å². The zero-order valence-corrected chi connectivity index (χ0v) is 7.15. The molecule has 0 aromatic carbocycles. The van der Waals surface area contributed by atoms with E-state index < -0.39 is 0 Å². The van der Waals surface area contributed by atoms with E-state index in [2.05, 4.69) is 34.1 Å². The molecule has 0 N–H and O–H groups in total. The van der Waals surface area contributed by atoms with E-state index in [1.165, 1.54) is 12.8 Å². The van der Waals surface area contributed by atoms with Crippen LogP contribution in [0.4, 0.5) is 0 Å². The fourth-order valence-electron chi connectivity index (χ4n) is 0.833. The summed E-state index contributed by atoms with van der Waals surface area (Å²) >= 11 is 0. The molecule has 0 saturated carbocycles. The molecule has 0 aliphatic heterocycles. The van der Waals surface area contributed by atoms with Crippen molar-refractivity contribution in [1.29, 1.82) is 0 Å². The Bertz CT molecular complexity index is 49.1. The van der Waals surface area contributed by atoms with Crippen LogP contribution in [0.15, 0.2) is 0 Å². The van der Waals surface area contributed by atoms with Gasteiger partial charge in [0.2, 0.25) is 0 Å². The normalized spacial score (nSPS) is 17.3. The molecular weight excluding hydrogens is 108 g/mol. The highest BCUT2D eigenvalue weighted by Gasteiger charge is 2.03. The predicted octanol–water partition coefficient (Wildman–Crippen LogP) is 3.28. The Kier molecular flexibility index (Phi) is 4.84. The van der Waals surface area contributed by atoms with Crippen molar-refractivity contribution in [2.24, 2.45) is 11.8 Å². The van der Waals surface area contributed by atoms with Crippen LogP contribution in [0.5, 0.6) is 0 Å². The zero-order valence-electron chi connectivity index (χ0n) is 7.15. The van der Waals surface area contributed by atoms with Crippen LogP contribution in [-0.4, -0.2) is 0 Å². The largest absolute Gasteiger partial charge is 0.0651 e. The van der Waals surface area contributed by atoms with Crippen molar-refractivity contribution < 1.29 is 0 Å². The fraction of sp³-hybridized carbons (Fsp3) is 0.889. The Balaban J connectivity index is 3.22. The first kappa shape index (κ1) is 9.00. The Morgan fingerprint density at radius 2 is 1.33 bits per heavy atom. The molecule has 0 heteroatoms. The third kappa shape index (κ3) is 4.50. The smallest absolute Gasteiger partial charge is 0.0329 e. The summed E-state index contributed by atoms with van der Waals surface area (Å²) in [5, 5.41) is 0. The maximum Gasteiger partial charge on any atom is -0.0329 e. The summed E-state index contributed by atoms with van der Waals surface area (Å²) in [6.07, 6.45) is 5.01. The fourth-order valence-corrected chi connectivity index (χ4v) is 0.833. The van der Waals surface area contributed by atoms with Crippen LogP contribution in [0, 0.1) is 18.3 Å². The van der Waals surface area contributed by atoms with E-state index in [4.69, 9.17) is 0 Å². The second-order valence-corrected chi connectivity index (χ2v) is 2.96. The van der Waals surface area contributed by atoms with Crippen LogP contribution in [0.2, 0.25) is 0 Å². The molecule has 0 aromatic heterocycles. The molecule has 0 fully saturated rings. The van der Waals surface area contributed by atoms with Gasteiger partial charge in [-0.3, -0.25) is 0 Å². The van der Waals surface area contributed by atoms with Gasteiger partial charge in [-0.15, -0.1) is 0 Å². The highest BCUT2D eigenvalue weighted by atomic mass is 14.1. The monoisotopic (exact) mass is 127 g/mol. The van der Waals surface area contributed by atoms with E-state index in [0.717, 1.165) is 11.8 Å². The van der Waals surface area contributed by atoms with E-state index in [0.29, 0.717) is 0 Å². The molecule has 0 aliphatic carbocycles. The van der Waals surface area contributed by atoms with Crippen molar-refractivity contribution in [2.45, 2.75) is 40.5 Å². The third-order valence-corrected chi connectivity index (χ3v) is 1.94. The van der Waals surface area contributed by atoms with Gasteiger partial charge in [0.15, 0.2) is 0 Å². The summed E-state index contributed by atoms with van der Waals surface area (Å²) in [5.74, 6) is 1.61. The second-order valence-electron chi connectivity index (χ2n) is 2.96. The molecule has 0 spiro atoms. The summed E-state index contributed by atoms with van der Waals surface area (Å²) in [4.78, 5) is 0. The average molecular weight is 127 g/mol. The molecule has 0 rings (SSSR count). The highest BCUT2D eigenvalue weighted by molar-refractivity contribution is 4.76.